The van der Waals surface area contributed by atoms with Crippen LogP contribution in [0.15, 0.2) is 224 Å². The number of hydrogen-bond acceptors (Lipinski definition) is 7. The number of thiophene rings is 1. The first kappa shape index (κ1) is 39.4. The molecular weight excluding hydrogens is 851 g/mol. The first-order valence-electron chi connectivity index (χ1n) is 22.5. The molecule has 0 bridgehead atoms. The van der Waals surface area contributed by atoms with Crippen LogP contribution >= 0.6 is 11.3 Å². The zero-order valence-corrected chi connectivity index (χ0v) is 37.2. The number of aromatic nitrogens is 7. The van der Waals surface area contributed by atoms with Crippen LogP contribution in [0.2, 0.25) is 0 Å². The van der Waals surface area contributed by atoms with Crippen LogP contribution in [0.4, 0.5) is 0 Å². The monoisotopic (exact) mass is 887 g/mol. The summed E-state index contributed by atoms with van der Waals surface area (Å²) in [5.41, 5.74) is 10.6. The molecule has 7 nitrogen and oxygen atoms in total. The standard InChI is InChI=1S/C60H37N7S/c1-5-19-38(20-6-1)55-61-56(39-21-7-2-8-22-39)64-59(63-55)42-35-36-50(48(37-42)60-65-57(40-23-9-3-10-24-40)62-58(66-60)41-25-11-4-12-26-41)67-49-32-15-13-28-47(49)53-44(29-18-33-51(53)67)46-31-17-30-45-43-27-14-16-34-52(43)68-54(45)46/h1-37H. The van der Waals surface area contributed by atoms with Gasteiger partial charge in [-0.25, -0.2) is 29.9 Å². The molecule has 9 aromatic carbocycles. The Kier molecular flexibility index (Phi) is 9.54. The summed E-state index contributed by atoms with van der Waals surface area (Å²) in [7, 11) is 0. The largest absolute Gasteiger partial charge is 0.308 e. The third kappa shape index (κ3) is 6.82. The molecule has 318 valence electrons. The van der Waals surface area contributed by atoms with E-state index in [-0.39, 0.29) is 0 Å². The molecule has 0 aliphatic rings. The molecule has 13 rings (SSSR count). The fourth-order valence-electron chi connectivity index (χ4n) is 9.38. The van der Waals surface area contributed by atoms with Crippen molar-refractivity contribution in [2.75, 3.05) is 0 Å². The molecule has 0 saturated heterocycles. The lowest BCUT2D eigenvalue weighted by Crippen LogP contribution is -2.05. The maximum atomic E-state index is 5.33. The van der Waals surface area contributed by atoms with Gasteiger partial charge in [-0.3, -0.25) is 0 Å². The molecule has 0 saturated carbocycles. The second-order valence-corrected chi connectivity index (χ2v) is 17.7. The molecule has 0 atom stereocenters. The van der Waals surface area contributed by atoms with Crippen molar-refractivity contribution in [2.45, 2.75) is 0 Å². The van der Waals surface area contributed by atoms with Crippen LogP contribution in [0.1, 0.15) is 0 Å². The highest BCUT2D eigenvalue weighted by Gasteiger charge is 2.24. The lowest BCUT2D eigenvalue weighted by Gasteiger charge is -2.16. The first-order valence-corrected chi connectivity index (χ1v) is 23.4. The van der Waals surface area contributed by atoms with E-state index in [1.54, 1.807) is 0 Å². The average molecular weight is 888 g/mol. The third-order valence-electron chi connectivity index (χ3n) is 12.5. The minimum absolute atomic E-state index is 0.521. The topological polar surface area (TPSA) is 82.3 Å². The summed E-state index contributed by atoms with van der Waals surface area (Å²) in [6.45, 7) is 0. The molecule has 0 spiro atoms. The van der Waals surface area contributed by atoms with Crippen LogP contribution in [0.5, 0.6) is 0 Å². The Balaban J connectivity index is 1.10. The normalized spacial score (nSPS) is 11.5. The second kappa shape index (κ2) is 16.5. The van der Waals surface area contributed by atoms with Gasteiger partial charge in [0, 0.05) is 69.9 Å². The van der Waals surface area contributed by atoms with Crippen molar-refractivity contribution in [3.63, 3.8) is 0 Å². The molecule has 0 radical (unpaired) electrons. The van der Waals surface area contributed by atoms with Gasteiger partial charge in [0.1, 0.15) is 0 Å². The van der Waals surface area contributed by atoms with Crippen molar-refractivity contribution in [3.05, 3.63) is 224 Å². The van der Waals surface area contributed by atoms with E-state index in [2.05, 4.69) is 108 Å². The van der Waals surface area contributed by atoms with Crippen molar-refractivity contribution < 1.29 is 0 Å². The number of fused-ring (bicyclic) bond motifs is 6. The average Bonchev–Trinajstić information content (AvgIpc) is 3.98. The van der Waals surface area contributed by atoms with Gasteiger partial charge in [0.15, 0.2) is 34.9 Å². The molecular formula is C60H37N7S. The number of hydrogen-bond donors (Lipinski definition) is 0. The summed E-state index contributed by atoms with van der Waals surface area (Å²) in [5.74, 6) is 3.37. The van der Waals surface area contributed by atoms with E-state index < -0.39 is 0 Å². The maximum Gasteiger partial charge on any atom is 0.166 e. The molecule has 0 amide bonds. The number of nitrogens with zero attached hydrogens (tertiary/aromatic N) is 7. The van der Waals surface area contributed by atoms with Crippen molar-refractivity contribution in [1.82, 2.24) is 34.5 Å². The lowest BCUT2D eigenvalue weighted by atomic mass is 9.98. The van der Waals surface area contributed by atoms with Gasteiger partial charge in [0.05, 0.1) is 16.7 Å². The summed E-state index contributed by atoms with van der Waals surface area (Å²) < 4.78 is 4.92. The van der Waals surface area contributed by atoms with E-state index in [1.807, 2.05) is 133 Å². The molecule has 0 unspecified atom stereocenters. The molecule has 0 fully saturated rings. The van der Waals surface area contributed by atoms with Crippen LogP contribution in [0.3, 0.4) is 0 Å². The predicted octanol–water partition coefficient (Wildman–Crippen LogP) is 15.2. The highest BCUT2D eigenvalue weighted by atomic mass is 32.1. The highest BCUT2D eigenvalue weighted by Crippen LogP contribution is 2.45. The van der Waals surface area contributed by atoms with E-state index in [0.717, 1.165) is 55.5 Å². The van der Waals surface area contributed by atoms with Gasteiger partial charge in [0.25, 0.3) is 0 Å². The van der Waals surface area contributed by atoms with Gasteiger partial charge < -0.3 is 4.57 Å². The molecule has 0 aliphatic carbocycles. The Morgan fingerprint density at radius 2 is 0.735 bits per heavy atom. The van der Waals surface area contributed by atoms with Crippen molar-refractivity contribution >= 4 is 53.3 Å². The Hall–Kier alpha value is -8.98. The van der Waals surface area contributed by atoms with Gasteiger partial charge in [-0.15, -0.1) is 11.3 Å². The molecule has 4 aromatic heterocycles. The fourth-order valence-corrected chi connectivity index (χ4v) is 10.6. The minimum Gasteiger partial charge on any atom is -0.308 e. The van der Waals surface area contributed by atoms with Crippen molar-refractivity contribution in [1.29, 1.82) is 0 Å². The zero-order valence-electron chi connectivity index (χ0n) is 36.4. The summed E-state index contributed by atoms with van der Waals surface area (Å²) in [5, 5.41) is 4.87. The highest BCUT2D eigenvalue weighted by molar-refractivity contribution is 7.26. The smallest absolute Gasteiger partial charge is 0.166 e. The number of para-hydroxylation sites is 1. The van der Waals surface area contributed by atoms with Crippen LogP contribution in [-0.2, 0) is 0 Å². The number of rotatable bonds is 8. The summed E-state index contributed by atoms with van der Waals surface area (Å²) in [6.07, 6.45) is 0. The SMILES string of the molecule is c1ccc(-c2nc(-c3ccccc3)nc(-c3ccc(-n4c5ccccc5c5c(-c6cccc7c6sc6ccccc67)cccc54)c(-c4nc(-c5ccccc5)nc(-c5ccccc5)n4)c3)n2)cc1. The van der Waals surface area contributed by atoms with Gasteiger partial charge >= 0.3 is 0 Å². The van der Waals surface area contributed by atoms with E-state index in [4.69, 9.17) is 29.9 Å². The lowest BCUT2D eigenvalue weighted by molar-refractivity contribution is 1.06. The van der Waals surface area contributed by atoms with Gasteiger partial charge in [-0.2, -0.15) is 0 Å². The van der Waals surface area contributed by atoms with Gasteiger partial charge in [-0.1, -0.05) is 188 Å². The first-order chi connectivity index (χ1) is 33.7. The third-order valence-corrected chi connectivity index (χ3v) is 13.7. The quantitative estimate of drug-likeness (QED) is 0.151. The van der Waals surface area contributed by atoms with Crippen molar-refractivity contribution in [3.8, 4) is 85.1 Å². The number of benzene rings is 9. The molecule has 4 heterocycles. The Bertz CT molecular complexity index is 3900. The second-order valence-electron chi connectivity index (χ2n) is 16.6. The summed E-state index contributed by atoms with van der Waals surface area (Å²) in [4.78, 5) is 31.1. The van der Waals surface area contributed by atoms with Gasteiger partial charge in [-0.05, 0) is 42.0 Å². The van der Waals surface area contributed by atoms with Crippen LogP contribution in [-0.4, -0.2) is 34.5 Å². The summed E-state index contributed by atoms with van der Waals surface area (Å²) >= 11 is 1.85. The van der Waals surface area contributed by atoms with Crippen molar-refractivity contribution in [2.24, 2.45) is 0 Å². The summed E-state index contributed by atoms with van der Waals surface area (Å²) in [6, 6.07) is 77.5. The fraction of sp³-hybridized carbons (Fsp3) is 0. The molecule has 68 heavy (non-hydrogen) atoms. The van der Waals surface area contributed by atoms with Gasteiger partial charge in [0.2, 0.25) is 0 Å². The van der Waals surface area contributed by atoms with E-state index in [0.29, 0.717) is 34.9 Å². The van der Waals surface area contributed by atoms with Crippen LogP contribution < -0.4 is 0 Å². The predicted molar refractivity (Wildman–Crippen MR) is 278 cm³/mol. The Morgan fingerprint density at radius 3 is 1.32 bits per heavy atom. The zero-order chi connectivity index (χ0) is 45.0. The molecule has 13 aromatic rings. The Morgan fingerprint density at radius 1 is 0.294 bits per heavy atom. The minimum atomic E-state index is 0.521. The molecule has 0 N–H and O–H groups in total. The van der Waals surface area contributed by atoms with E-state index in [1.165, 1.54) is 36.7 Å². The maximum absolute atomic E-state index is 5.33. The molecule has 0 aliphatic heterocycles. The van der Waals surface area contributed by atoms with Crippen LogP contribution in [0, 0.1) is 0 Å². The van der Waals surface area contributed by atoms with E-state index in [9.17, 15) is 0 Å². The molecule has 8 heteroatoms. The van der Waals surface area contributed by atoms with E-state index >= 15 is 0 Å². The Labute approximate surface area is 395 Å². The van der Waals surface area contributed by atoms with Crippen LogP contribution in [0.25, 0.3) is 127 Å².